The summed E-state index contributed by atoms with van der Waals surface area (Å²) in [6, 6.07) is 1.83. The molecule has 0 aromatic carbocycles. The molecule has 1 aromatic heterocycles. The summed E-state index contributed by atoms with van der Waals surface area (Å²) in [5, 5.41) is 15.6. The minimum absolute atomic E-state index is 0.269. The first-order valence-electron chi connectivity index (χ1n) is 5.18. The second-order valence-electron chi connectivity index (χ2n) is 4.02. The predicted octanol–water partition coefficient (Wildman–Crippen LogP) is -0.524. The number of nitrogens with one attached hydrogen (secondary N) is 1. The van der Waals surface area contributed by atoms with Crippen LogP contribution in [0.4, 0.5) is 0 Å². The van der Waals surface area contributed by atoms with Crippen LogP contribution in [0.2, 0.25) is 0 Å². The fourth-order valence-electron chi connectivity index (χ4n) is 1.90. The molecule has 1 aliphatic rings. The number of aromatic nitrogens is 2. The highest BCUT2D eigenvalue weighted by Crippen LogP contribution is 2.27. The summed E-state index contributed by atoms with van der Waals surface area (Å²) in [4.78, 5) is 13.0. The van der Waals surface area contributed by atoms with Gasteiger partial charge in [0.2, 0.25) is 5.91 Å². The van der Waals surface area contributed by atoms with E-state index < -0.39 is 12.2 Å². The Morgan fingerprint density at radius 1 is 1.81 bits per heavy atom. The largest absolute Gasteiger partial charge is 0.387 e. The molecule has 1 atom stereocenters. The van der Waals surface area contributed by atoms with E-state index in [4.69, 9.17) is 9.84 Å². The molecule has 16 heavy (non-hydrogen) atoms. The average molecular weight is 225 g/mol. The molecule has 0 radical (unpaired) electrons. The monoisotopic (exact) mass is 225 g/mol. The molecule has 1 aliphatic heterocycles. The van der Waals surface area contributed by atoms with Crippen LogP contribution < -0.4 is 0 Å². The van der Waals surface area contributed by atoms with Gasteiger partial charge in [-0.25, -0.2) is 0 Å². The number of amides is 1. The summed E-state index contributed by atoms with van der Waals surface area (Å²) in [5.74, 6) is -0.269. The van der Waals surface area contributed by atoms with Gasteiger partial charge in [-0.05, 0) is 13.0 Å². The molecule has 6 heteroatoms. The summed E-state index contributed by atoms with van der Waals surface area (Å²) in [7, 11) is 0. The van der Waals surface area contributed by atoms with Crippen LogP contribution in [-0.4, -0.2) is 52.4 Å². The van der Waals surface area contributed by atoms with Crippen molar-refractivity contribution in [3.05, 3.63) is 18.0 Å². The lowest BCUT2D eigenvalue weighted by molar-refractivity contribution is -0.152. The summed E-state index contributed by atoms with van der Waals surface area (Å²) < 4.78 is 5.69. The third-order valence-electron chi connectivity index (χ3n) is 2.83. The smallest absolute Gasteiger partial charge is 0.248 e. The molecule has 1 amide bonds. The number of aromatic amines is 1. The summed E-state index contributed by atoms with van der Waals surface area (Å²) in [6.45, 7) is 2.84. The van der Waals surface area contributed by atoms with E-state index >= 15 is 0 Å². The van der Waals surface area contributed by atoms with Gasteiger partial charge in [0.25, 0.3) is 0 Å². The number of hydrogen-bond donors (Lipinski definition) is 2. The van der Waals surface area contributed by atoms with E-state index in [1.165, 1.54) is 0 Å². The van der Waals surface area contributed by atoms with E-state index in [2.05, 4.69) is 10.2 Å². The van der Waals surface area contributed by atoms with Gasteiger partial charge < -0.3 is 14.7 Å². The quantitative estimate of drug-likeness (QED) is 0.709. The van der Waals surface area contributed by atoms with E-state index in [-0.39, 0.29) is 5.91 Å². The third kappa shape index (κ3) is 1.94. The number of ether oxygens (including phenoxy) is 1. The molecule has 0 aliphatic carbocycles. The molecule has 1 aromatic rings. The first kappa shape index (κ1) is 11.1. The maximum atomic E-state index is 11.4. The number of nitrogens with zero attached hydrogens (tertiary/aromatic N) is 2. The number of carbonyl (C=O) groups excluding carboxylic acids is 1. The summed E-state index contributed by atoms with van der Waals surface area (Å²) >= 11 is 0. The normalized spacial score (nSPS) is 25.8. The fourth-order valence-corrected chi connectivity index (χ4v) is 1.90. The zero-order valence-electron chi connectivity index (χ0n) is 9.14. The first-order chi connectivity index (χ1) is 7.65. The number of aliphatic hydroxyl groups excluding tert-OH is 1. The van der Waals surface area contributed by atoms with E-state index in [1.807, 2.05) is 13.0 Å². The molecular weight excluding hydrogens is 210 g/mol. The number of rotatable bonds is 2. The maximum Gasteiger partial charge on any atom is 0.248 e. The highest BCUT2D eigenvalue weighted by atomic mass is 16.5. The summed E-state index contributed by atoms with van der Waals surface area (Å²) in [5.41, 5.74) is 0.266. The molecule has 2 rings (SSSR count). The predicted molar refractivity (Wildman–Crippen MR) is 55.6 cm³/mol. The van der Waals surface area contributed by atoms with Crippen LogP contribution in [0, 0.1) is 0 Å². The molecule has 0 saturated carbocycles. The van der Waals surface area contributed by atoms with Crippen molar-refractivity contribution in [2.45, 2.75) is 12.5 Å². The van der Waals surface area contributed by atoms with Crippen molar-refractivity contribution in [1.29, 1.82) is 0 Å². The van der Waals surface area contributed by atoms with E-state index in [0.29, 0.717) is 19.7 Å². The zero-order chi connectivity index (χ0) is 11.6. The van der Waals surface area contributed by atoms with Crippen molar-refractivity contribution in [2.75, 3.05) is 26.3 Å². The van der Waals surface area contributed by atoms with Crippen LogP contribution in [0.1, 0.15) is 12.6 Å². The van der Waals surface area contributed by atoms with E-state index in [1.54, 1.807) is 11.1 Å². The number of hydrogen-bond acceptors (Lipinski definition) is 4. The van der Waals surface area contributed by atoms with Gasteiger partial charge in [-0.3, -0.25) is 9.89 Å². The first-order valence-corrected chi connectivity index (χ1v) is 5.18. The molecular formula is C10H15N3O3. The average Bonchev–Trinajstić information content (AvgIpc) is 2.82. The van der Waals surface area contributed by atoms with Crippen molar-refractivity contribution in [1.82, 2.24) is 15.1 Å². The van der Waals surface area contributed by atoms with Gasteiger partial charge in [0.1, 0.15) is 12.2 Å². The van der Waals surface area contributed by atoms with Gasteiger partial charge in [0.15, 0.2) is 0 Å². The highest BCUT2D eigenvalue weighted by molar-refractivity contribution is 5.77. The van der Waals surface area contributed by atoms with E-state index in [0.717, 1.165) is 5.69 Å². The Kier molecular flexibility index (Phi) is 2.93. The minimum atomic E-state index is -0.570. The number of H-pyrrole nitrogens is 1. The van der Waals surface area contributed by atoms with Gasteiger partial charge in [-0.15, -0.1) is 0 Å². The Morgan fingerprint density at radius 2 is 2.62 bits per heavy atom. The second kappa shape index (κ2) is 4.23. The summed E-state index contributed by atoms with van der Waals surface area (Å²) in [6.07, 6.45) is 1.65. The van der Waals surface area contributed by atoms with Crippen molar-refractivity contribution in [2.24, 2.45) is 0 Å². The van der Waals surface area contributed by atoms with Crippen LogP contribution in [0.15, 0.2) is 12.3 Å². The van der Waals surface area contributed by atoms with Crippen LogP contribution in [-0.2, 0) is 15.1 Å². The fraction of sp³-hybridized carbons (Fsp3) is 0.600. The van der Waals surface area contributed by atoms with Crippen molar-refractivity contribution in [3.8, 4) is 0 Å². The Bertz CT molecular complexity index is 365. The molecule has 0 unspecified atom stereocenters. The van der Waals surface area contributed by atoms with Gasteiger partial charge >= 0.3 is 0 Å². The van der Waals surface area contributed by atoms with Gasteiger partial charge in [0, 0.05) is 12.7 Å². The lowest BCUT2D eigenvalue weighted by Crippen LogP contribution is -2.51. The van der Waals surface area contributed by atoms with Crippen molar-refractivity contribution in [3.63, 3.8) is 0 Å². The molecule has 0 bridgehead atoms. The minimum Gasteiger partial charge on any atom is -0.387 e. The Morgan fingerprint density at radius 3 is 3.25 bits per heavy atom. The van der Waals surface area contributed by atoms with Gasteiger partial charge in [-0.1, -0.05) is 0 Å². The van der Waals surface area contributed by atoms with Crippen LogP contribution in [0.5, 0.6) is 0 Å². The van der Waals surface area contributed by atoms with Crippen LogP contribution >= 0.6 is 0 Å². The lowest BCUT2D eigenvalue weighted by atomic mass is 10.00. The van der Waals surface area contributed by atoms with Crippen molar-refractivity contribution >= 4 is 5.91 Å². The number of aliphatic hydroxyl groups is 1. The lowest BCUT2D eigenvalue weighted by Gasteiger charge is -2.39. The Balaban J connectivity index is 2.14. The second-order valence-corrected chi connectivity index (χ2v) is 4.02. The van der Waals surface area contributed by atoms with Crippen molar-refractivity contribution < 1.29 is 14.6 Å². The number of carbonyl (C=O) groups is 1. The standard InChI is InChI=1S/C10H15N3O3/c1-10(8-2-3-11-12-8)7-13(4-5-16-10)9(15)6-14/h2-3,14H,4-7H2,1H3,(H,11,12)/t10-/m0/s1. The molecule has 2 heterocycles. The Hall–Kier alpha value is -1.40. The molecule has 6 nitrogen and oxygen atoms in total. The van der Waals surface area contributed by atoms with Gasteiger partial charge in [-0.2, -0.15) is 5.10 Å². The molecule has 88 valence electrons. The zero-order valence-corrected chi connectivity index (χ0v) is 9.14. The Labute approximate surface area is 93.2 Å². The van der Waals surface area contributed by atoms with Crippen LogP contribution in [0.25, 0.3) is 0 Å². The molecule has 2 N–H and O–H groups in total. The maximum absolute atomic E-state index is 11.4. The van der Waals surface area contributed by atoms with E-state index in [9.17, 15) is 4.79 Å². The van der Waals surface area contributed by atoms with Crippen LogP contribution in [0.3, 0.4) is 0 Å². The highest BCUT2D eigenvalue weighted by Gasteiger charge is 2.36. The molecule has 0 spiro atoms. The molecule has 1 fully saturated rings. The molecule has 1 saturated heterocycles. The third-order valence-corrected chi connectivity index (χ3v) is 2.83. The number of morpholine rings is 1. The van der Waals surface area contributed by atoms with Gasteiger partial charge in [0.05, 0.1) is 18.8 Å². The SMILES string of the molecule is C[C@@]1(c2ccn[nH]2)CN(C(=O)CO)CCO1. The topological polar surface area (TPSA) is 78.5 Å².